The van der Waals surface area contributed by atoms with Crippen molar-refractivity contribution >= 4 is 24.0 Å². The summed E-state index contributed by atoms with van der Waals surface area (Å²) in [6, 6.07) is 7.96. The summed E-state index contributed by atoms with van der Waals surface area (Å²) in [5.41, 5.74) is 7.85. The highest BCUT2D eigenvalue weighted by Gasteiger charge is 2.27. The molecule has 1 atom stereocenters. The molecule has 2 N–H and O–H groups in total. The highest BCUT2D eigenvalue weighted by Crippen LogP contribution is 2.33. The van der Waals surface area contributed by atoms with Crippen LogP contribution in [0.25, 0.3) is 0 Å². The van der Waals surface area contributed by atoms with Crippen LogP contribution in [0.4, 0.5) is 5.69 Å². The molecule has 0 aromatic heterocycles. The second-order valence-electron chi connectivity index (χ2n) is 3.65. The lowest BCUT2D eigenvalue weighted by molar-refractivity contribution is -0.119. The van der Waals surface area contributed by atoms with Gasteiger partial charge in [0.2, 0.25) is 5.91 Å². The third kappa shape index (κ3) is 1.98. The zero-order chi connectivity index (χ0) is 10.1. The highest BCUT2D eigenvalue weighted by atomic mass is 35.5. The van der Waals surface area contributed by atoms with Crippen LogP contribution >= 0.6 is 12.4 Å². The van der Waals surface area contributed by atoms with Gasteiger partial charge in [0.1, 0.15) is 0 Å². The van der Waals surface area contributed by atoms with Gasteiger partial charge in [0, 0.05) is 25.1 Å². The minimum atomic E-state index is 0. The number of para-hydroxylation sites is 1. The van der Waals surface area contributed by atoms with Gasteiger partial charge in [-0.05, 0) is 18.2 Å². The number of nitrogens with zero attached hydrogens (tertiary/aromatic N) is 1. The van der Waals surface area contributed by atoms with E-state index >= 15 is 0 Å². The third-order valence-corrected chi connectivity index (χ3v) is 2.82. The van der Waals surface area contributed by atoms with Crippen molar-refractivity contribution in [2.45, 2.75) is 12.3 Å². The maximum Gasteiger partial charge on any atom is 0.227 e. The van der Waals surface area contributed by atoms with Crippen LogP contribution < -0.4 is 10.6 Å². The molecule has 0 aliphatic carbocycles. The number of hydrogen-bond acceptors (Lipinski definition) is 2. The number of anilines is 1. The first-order valence-corrected chi connectivity index (χ1v) is 4.79. The van der Waals surface area contributed by atoms with Crippen LogP contribution in [0.3, 0.4) is 0 Å². The van der Waals surface area contributed by atoms with Crippen molar-refractivity contribution in [3.8, 4) is 0 Å². The van der Waals surface area contributed by atoms with Crippen LogP contribution in [-0.4, -0.2) is 19.5 Å². The summed E-state index contributed by atoms with van der Waals surface area (Å²) < 4.78 is 0. The molecule has 1 heterocycles. The van der Waals surface area contributed by atoms with Crippen molar-refractivity contribution in [2.75, 3.05) is 18.5 Å². The van der Waals surface area contributed by atoms with Crippen molar-refractivity contribution in [1.82, 2.24) is 0 Å². The lowest BCUT2D eigenvalue weighted by atomic mass is 9.90. The summed E-state index contributed by atoms with van der Waals surface area (Å²) >= 11 is 0. The van der Waals surface area contributed by atoms with Gasteiger partial charge in [0.05, 0.1) is 0 Å². The molecule has 15 heavy (non-hydrogen) atoms. The van der Waals surface area contributed by atoms with E-state index in [1.807, 2.05) is 25.2 Å². The number of hydrogen-bond donors (Lipinski definition) is 1. The molecule has 2 rings (SSSR count). The van der Waals surface area contributed by atoms with E-state index in [9.17, 15) is 4.79 Å². The smallest absolute Gasteiger partial charge is 0.227 e. The molecule has 4 heteroatoms. The predicted octanol–water partition coefficient (Wildman–Crippen LogP) is 1.52. The molecule has 82 valence electrons. The van der Waals surface area contributed by atoms with E-state index < -0.39 is 0 Å². The quantitative estimate of drug-likeness (QED) is 0.789. The van der Waals surface area contributed by atoms with Crippen molar-refractivity contribution < 1.29 is 4.79 Å². The number of fused-ring (bicyclic) bond motifs is 1. The second kappa shape index (κ2) is 4.64. The van der Waals surface area contributed by atoms with E-state index in [1.54, 1.807) is 4.90 Å². The average Bonchev–Trinajstić information content (AvgIpc) is 2.23. The van der Waals surface area contributed by atoms with Crippen LogP contribution in [0.15, 0.2) is 24.3 Å². The molecule has 0 fully saturated rings. The first kappa shape index (κ1) is 12.0. The Hall–Kier alpha value is -1.06. The van der Waals surface area contributed by atoms with Gasteiger partial charge in [-0.2, -0.15) is 0 Å². The highest BCUT2D eigenvalue weighted by molar-refractivity contribution is 5.96. The summed E-state index contributed by atoms with van der Waals surface area (Å²) in [4.78, 5) is 13.3. The van der Waals surface area contributed by atoms with Gasteiger partial charge in [-0.3, -0.25) is 4.79 Å². The maximum atomic E-state index is 11.6. The Balaban J connectivity index is 0.00000112. The molecule has 1 aromatic rings. The SMILES string of the molecule is CN1C(=O)CC(CN)c2ccccc21.Cl. The number of carbonyl (C=O) groups excluding carboxylic acids is 1. The van der Waals surface area contributed by atoms with Gasteiger partial charge < -0.3 is 10.6 Å². The minimum Gasteiger partial charge on any atom is -0.330 e. The van der Waals surface area contributed by atoms with Gasteiger partial charge in [0.25, 0.3) is 0 Å². The second-order valence-corrected chi connectivity index (χ2v) is 3.65. The summed E-state index contributed by atoms with van der Waals surface area (Å²) in [6.45, 7) is 0.538. The summed E-state index contributed by atoms with van der Waals surface area (Å²) in [6.07, 6.45) is 0.532. The number of benzene rings is 1. The Labute approximate surface area is 95.7 Å². The molecule has 1 amide bonds. The molecule has 1 aliphatic rings. The Morgan fingerprint density at radius 2 is 2.13 bits per heavy atom. The van der Waals surface area contributed by atoms with Gasteiger partial charge in [-0.1, -0.05) is 18.2 Å². The van der Waals surface area contributed by atoms with E-state index in [2.05, 4.69) is 6.07 Å². The Morgan fingerprint density at radius 1 is 1.47 bits per heavy atom. The van der Waals surface area contributed by atoms with Crippen LogP contribution in [0, 0.1) is 0 Å². The number of halogens is 1. The number of nitrogens with two attached hydrogens (primary N) is 1. The molecule has 3 nitrogen and oxygen atoms in total. The van der Waals surface area contributed by atoms with Crippen molar-refractivity contribution in [3.05, 3.63) is 29.8 Å². The number of amides is 1. The normalized spacial score (nSPS) is 19.5. The molecule has 1 unspecified atom stereocenters. The third-order valence-electron chi connectivity index (χ3n) is 2.82. The minimum absolute atomic E-state index is 0. The molecule has 0 spiro atoms. The fourth-order valence-electron chi connectivity index (χ4n) is 1.94. The molecule has 0 bridgehead atoms. The van der Waals surface area contributed by atoms with E-state index in [0.717, 1.165) is 5.69 Å². The lowest BCUT2D eigenvalue weighted by Crippen LogP contribution is -2.35. The zero-order valence-electron chi connectivity index (χ0n) is 8.64. The van der Waals surface area contributed by atoms with Crippen molar-refractivity contribution in [2.24, 2.45) is 5.73 Å². The average molecular weight is 227 g/mol. The molecular formula is C11H15ClN2O. The molecular weight excluding hydrogens is 212 g/mol. The molecule has 1 aromatic carbocycles. The summed E-state index contributed by atoms with van der Waals surface area (Å²) in [5.74, 6) is 0.342. The largest absolute Gasteiger partial charge is 0.330 e. The number of carbonyl (C=O) groups is 1. The molecule has 0 saturated heterocycles. The fourth-order valence-corrected chi connectivity index (χ4v) is 1.94. The Morgan fingerprint density at radius 3 is 2.80 bits per heavy atom. The van der Waals surface area contributed by atoms with Crippen molar-refractivity contribution in [3.63, 3.8) is 0 Å². The van der Waals surface area contributed by atoms with E-state index in [4.69, 9.17) is 5.73 Å². The standard InChI is InChI=1S/C11H14N2O.ClH/c1-13-10-5-3-2-4-9(10)8(7-12)6-11(13)14;/h2-5,8H,6-7,12H2,1H3;1H. The van der Waals surface area contributed by atoms with Crippen LogP contribution in [0.1, 0.15) is 17.9 Å². The Kier molecular flexibility index (Phi) is 3.72. The van der Waals surface area contributed by atoms with Gasteiger partial charge in [-0.25, -0.2) is 0 Å². The topological polar surface area (TPSA) is 46.3 Å². The predicted molar refractivity (Wildman–Crippen MR) is 63.5 cm³/mol. The summed E-state index contributed by atoms with van der Waals surface area (Å²) in [7, 11) is 1.81. The summed E-state index contributed by atoms with van der Waals surface area (Å²) in [5, 5.41) is 0. The van der Waals surface area contributed by atoms with Gasteiger partial charge in [-0.15, -0.1) is 12.4 Å². The van der Waals surface area contributed by atoms with Crippen LogP contribution in [0.5, 0.6) is 0 Å². The van der Waals surface area contributed by atoms with E-state index in [-0.39, 0.29) is 24.2 Å². The Bertz CT molecular complexity index is 367. The van der Waals surface area contributed by atoms with Gasteiger partial charge >= 0.3 is 0 Å². The van der Waals surface area contributed by atoms with Crippen molar-refractivity contribution in [1.29, 1.82) is 0 Å². The number of rotatable bonds is 1. The van der Waals surface area contributed by atoms with Crippen LogP contribution in [-0.2, 0) is 4.79 Å². The fraction of sp³-hybridized carbons (Fsp3) is 0.364. The van der Waals surface area contributed by atoms with Crippen LogP contribution in [0.2, 0.25) is 0 Å². The zero-order valence-corrected chi connectivity index (χ0v) is 9.46. The lowest BCUT2D eigenvalue weighted by Gasteiger charge is -2.30. The monoisotopic (exact) mass is 226 g/mol. The molecule has 0 saturated carbocycles. The first-order chi connectivity index (χ1) is 6.74. The maximum absolute atomic E-state index is 11.6. The molecule has 1 aliphatic heterocycles. The first-order valence-electron chi connectivity index (χ1n) is 4.79. The van der Waals surface area contributed by atoms with E-state index in [0.29, 0.717) is 13.0 Å². The molecule has 0 radical (unpaired) electrons. The van der Waals surface area contributed by atoms with Gasteiger partial charge in [0.15, 0.2) is 0 Å². The van der Waals surface area contributed by atoms with E-state index in [1.165, 1.54) is 5.56 Å².